The fourth-order valence-corrected chi connectivity index (χ4v) is 3.24. The van der Waals surface area contributed by atoms with Crippen LogP contribution in [0.25, 0.3) is 11.0 Å². The van der Waals surface area contributed by atoms with Gasteiger partial charge in [0.15, 0.2) is 0 Å². The second-order valence-corrected chi connectivity index (χ2v) is 7.24. The number of rotatable bonds is 5. The molecule has 0 N–H and O–H groups in total. The lowest BCUT2D eigenvalue weighted by Crippen LogP contribution is -2.10. The highest BCUT2D eigenvalue weighted by atomic mass is 35.5. The van der Waals surface area contributed by atoms with Gasteiger partial charge in [-0.25, -0.2) is 4.79 Å². The van der Waals surface area contributed by atoms with Crippen molar-refractivity contribution in [2.45, 2.75) is 0 Å². The average Bonchev–Trinajstić information content (AvgIpc) is 2.77. The topological polar surface area (TPSA) is 109 Å². The van der Waals surface area contributed by atoms with Gasteiger partial charge in [-0.2, -0.15) is 0 Å². The number of halogens is 2. The third-order valence-corrected chi connectivity index (χ3v) is 4.99. The van der Waals surface area contributed by atoms with Crippen molar-refractivity contribution in [2.24, 2.45) is 0 Å². The molecule has 0 saturated carbocycles. The van der Waals surface area contributed by atoms with E-state index < -0.39 is 16.3 Å². The number of non-ortho nitro benzene ring substituents is 1. The maximum Gasteiger partial charge on any atom is 0.345 e. The molecular weight excluding hydrogens is 461 g/mol. The number of carbonyl (C=O) groups is 1. The van der Waals surface area contributed by atoms with Crippen LogP contribution in [-0.4, -0.2) is 10.9 Å². The van der Waals surface area contributed by atoms with Crippen LogP contribution in [-0.2, 0) is 0 Å². The van der Waals surface area contributed by atoms with E-state index in [0.29, 0.717) is 10.8 Å². The summed E-state index contributed by atoms with van der Waals surface area (Å²) in [6.45, 7) is 0. The second kappa shape index (κ2) is 8.70. The van der Waals surface area contributed by atoms with Crippen LogP contribution in [0.15, 0.2) is 76.1 Å². The fraction of sp³-hybridized carbons (Fsp3) is 0. The van der Waals surface area contributed by atoms with Gasteiger partial charge in [-0.05, 0) is 30.3 Å². The van der Waals surface area contributed by atoms with Crippen molar-refractivity contribution in [3.05, 3.63) is 103 Å². The second-order valence-electron chi connectivity index (χ2n) is 6.43. The van der Waals surface area contributed by atoms with Crippen molar-refractivity contribution in [3.63, 3.8) is 0 Å². The van der Waals surface area contributed by atoms with Gasteiger partial charge in [0.25, 0.3) is 5.69 Å². The molecule has 160 valence electrons. The van der Waals surface area contributed by atoms with E-state index in [4.69, 9.17) is 37.1 Å². The Morgan fingerprint density at radius 3 is 2.47 bits per heavy atom. The van der Waals surface area contributed by atoms with Gasteiger partial charge in [0.1, 0.15) is 23.3 Å². The zero-order valence-electron chi connectivity index (χ0n) is 15.9. The van der Waals surface area contributed by atoms with E-state index in [1.165, 1.54) is 24.3 Å². The molecule has 0 atom stereocenters. The first-order chi connectivity index (χ1) is 15.3. The number of ether oxygens (including phenoxy) is 2. The molecule has 0 unspecified atom stereocenters. The number of hydrogen-bond acceptors (Lipinski definition) is 7. The zero-order valence-corrected chi connectivity index (χ0v) is 17.4. The van der Waals surface area contributed by atoms with E-state index in [2.05, 4.69) is 0 Å². The zero-order chi connectivity index (χ0) is 22.8. The molecule has 4 rings (SSSR count). The van der Waals surface area contributed by atoms with Gasteiger partial charge in [0, 0.05) is 18.2 Å². The molecule has 1 aromatic heterocycles. The van der Waals surface area contributed by atoms with E-state index in [1.54, 1.807) is 24.3 Å². The van der Waals surface area contributed by atoms with Gasteiger partial charge in [-0.15, -0.1) is 0 Å². The van der Waals surface area contributed by atoms with Crippen LogP contribution >= 0.6 is 23.2 Å². The number of nitrogens with zero attached hydrogens (tertiary/aromatic N) is 1. The number of para-hydroxylation sites is 1. The minimum absolute atomic E-state index is 0.0534. The fourth-order valence-electron chi connectivity index (χ4n) is 2.82. The van der Waals surface area contributed by atoms with E-state index in [-0.39, 0.29) is 38.7 Å². The van der Waals surface area contributed by atoms with Crippen molar-refractivity contribution in [3.8, 4) is 17.2 Å². The highest BCUT2D eigenvalue weighted by Crippen LogP contribution is 2.29. The smallest absolute Gasteiger partial charge is 0.345 e. The molecule has 3 aromatic carbocycles. The molecule has 10 heteroatoms. The summed E-state index contributed by atoms with van der Waals surface area (Å²) in [4.78, 5) is 35.3. The first-order valence-corrected chi connectivity index (χ1v) is 9.73. The van der Waals surface area contributed by atoms with E-state index in [9.17, 15) is 19.7 Å². The first-order valence-electron chi connectivity index (χ1n) is 8.97. The van der Waals surface area contributed by atoms with Crippen molar-refractivity contribution < 1.29 is 23.6 Å². The molecule has 1 heterocycles. The molecule has 32 heavy (non-hydrogen) atoms. The van der Waals surface area contributed by atoms with Crippen LogP contribution < -0.4 is 14.9 Å². The molecule has 0 aliphatic heterocycles. The van der Waals surface area contributed by atoms with Crippen LogP contribution in [0.3, 0.4) is 0 Å². The molecule has 0 aliphatic rings. The number of esters is 1. The molecule has 8 nitrogen and oxygen atoms in total. The van der Waals surface area contributed by atoms with Gasteiger partial charge in [-0.3, -0.25) is 14.9 Å². The van der Waals surface area contributed by atoms with Gasteiger partial charge in [0.2, 0.25) is 11.2 Å². The summed E-state index contributed by atoms with van der Waals surface area (Å²) in [5, 5.41) is 11.2. The molecule has 0 amide bonds. The first kappa shape index (κ1) is 21.4. The van der Waals surface area contributed by atoms with Gasteiger partial charge in [0.05, 0.1) is 25.9 Å². The largest absolute Gasteiger partial charge is 0.460 e. The van der Waals surface area contributed by atoms with Crippen molar-refractivity contribution in [1.29, 1.82) is 0 Å². The number of hydrogen-bond donors (Lipinski definition) is 0. The normalized spacial score (nSPS) is 10.7. The molecule has 0 aliphatic carbocycles. The van der Waals surface area contributed by atoms with Crippen molar-refractivity contribution >= 4 is 45.8 Å². The summed E-state index contributed by atoms with van der Waals surface area (Å²) in [5.41, 5.74) is -0.597. The Labute approximate surface area is 189 Å². The number of nitro groups is 1. The molecule has 0 saturated heterocycles. The maximum absolute atomic E-state index is 12.7. The van der Waals surface area contributed by atoms with Crippen molar-refractivity contribution in [1.82, 2.24) is 0 Å². The molecule has 0 fully saturated rings. The third kappa shape index (κ3) is 4.27. The lowest BCUT2D eigenvalue weighted by molar-refractivity contribution is -0.384. The summed E-state index contributed by atoms with van der Waals surface area (Å²) in [7, 11) is 0. The lowest BCUT2D eigenvalue weighted by Gasteiger charge is -2.08. The summed E-state index contributed by atoms with van der Waals surface area (Å²) in [5.74, 6) is -0.510. The summed E-state index contributed by atoms with van der Waals surface area (Å²) < 4.78 is 16.3. The molecular formula is C22H11Cl2NO7. The summed E-state index contributed by atoms with van der Waals surface area (Å²) in [6.07, 6.45) is 1.13. The number of nitro benzene ring substituents is 1. The average molecular weight is 472 g/mol. The number of benzene rings is 3. The highest BCUT2D eigenvalue weighted by molar-refractivity contribution is 6.33. The van der Waals surface area contributed by atoms with Crippen LogP contribution in [0.4, 0.5) is 5.69 Å². The van der Waals surface area contributed by atoms with E-state index >= 15 is 0 Å². The van der Waals surface area contributed by atoms with Crippen molar-refractivity contribution in [2.75, 3.05) is 0 Å². The molecule has 0 radical (unpaired) electrons. The summed E-state index contributed by atoms with van der Waals surface area (Å²) >= 11 is 12.0. The Kier molecular flexibility index (Phi) is 5.81. The summed E-state index contributed by atoms with van der Waals surface area (Å²) in [6, 6.07) is 14.2. The maximum atomic E-state index is 12.7. The molecule has 0 bridgehead atoms. The van der Waals surface area contributed by atoms with Gasteiger partial charge in [-0.1, -0.05) is 35.3 Å². The monoisotopic (exact) mass is 471 g/mol. The van der Waals surface area contributed by atoms with Crippen LogP contribution in [0.1, 0.15) is 10.4 Å². The highest BCUT2D eigenvalue weighted by Gasteiger charge is 2.18. The minimum Gasteiger partial charge on any atom is -0.460 e. The number of fused-ring (bicyclic) bond motifs is 1. The van der Waals surface area contributed by atoms with Gasteiger partial charge < -0.3 is 13.9 Å². The predicted octanol–water partition coefficient (Wildman–Crippen LogP) is 6.02. The third-order valence-electron chi connectivity index (χ3n) is 4.36. The molecule has 0 spiro atoms. The Hall–Kier alpha value is -3.88. The Balaban J connectivity index is 1.59. The van der Waals surface area contributed by atoms with Crippen LogP contribution in [0, 0.1) is 10.1 Å². The minimum atomic E-state index is -0.828. The standard InChI is InChI=1S/C22H11Cl2NO7/c23-16-3-1-2-4-18(16)32-20-11-30-19-10-13(6-8-15(19)21(20)26)31-22(27)14-7-5-12(25(28)29)9-17(14)24/h1-11H. The van der Waals surface area contributed by atoms with E-state index in [0.717, 1.165) is 18.4 Å². The van der Waals surface area contributed by atoms with Gasteiger partial charge >= 0.3 is 5.97 Å². The number of carbonyl (C=O) groups excluding carboxylic acids is 1. The van der Waals surface area contributed by atoms with E-state index in [1.807, 2.05) is 0 Å². The Morgan fingerprint density at radius 1 is 0.969 bits per heavy atom. The van der Waals surface area contributed by atoms with Crippen LogP contribution in [0.5, 0.6) is 17.2 Å². The SMILES string of the molecule is O=C(Oc1ccc2c(=O)c(Oc3ccccc3Cl)coc2c1)c1ccc([N+](=O)[O-])cc1Cl. The molecule has 4 aromatic rings. The Morgan fingerprint density at radius 2 is 1.75 bits per heavy atom. The Bertz CT molecular complexity index is 1430. The van der Waals surface area contributed by atoms with Crippen LogP contribution in [0.2, 0.25) is 10.0 Å². The lowest BCUT2D eigenvalue weighted by atomic mass is 10.2. The quantitative estimate of drug-likeness (QED) is 0.151. The predicted molar refractivity (Wildman–Crippen MR) is 117 cm³/mol.